The van der Waals surface area contributed by atoms with Gasteiger partial charge in [0.25, 0.3) is 5.91 Å². The zero-order valence-electron chi connectivity index (χ0n) is 12.1. The topological polar surface area (TPSA) is 77.8 Å². The predicted octanol–water partition coefficient (Wildman–Crippen LogP) is 1.06. The van der Waals surface area contributed by atoms with Gasteiger partial charge < -0.3 is 18.9 Å². The first kappa shape index (κ1) is 17.2. The van der Waals surface area contributed by atoms with E-state index in [2.05, 4.69) is 25.4 Å². The molecule has 7 nitrogen and oxygen atoms in total. The van der Waals surface area contributed by atoms with Crippen molar-refractivity contribution in [3.63, 3.8) is 0 Å². The average Bonchev–Trinajstić information content (AvgIpc) is 2.86. The molecule has 0 bridgehead atoms. The molecule has 0 aromatic carbocycles. The maximum absolute atomic E-state index is 12.5. The smallest absolute Gasteiger partial charge is 0.325 e. The lowest BCUT2D eigenvalue weighted by Gasteiger charge is -2.20. The second kappa shape index (κ2) is 7.82. The largest absolute Gasteiger partial charge is 0.468 e. The van der Waals surface area contributed by atoms with Crippen LogP contribution in [0.3, 0.4) is 0 Å². The fraction of sp³-hybridized carbons (Fsp3) is 0.462. The minimum atomic E-state index is -0.610. The Labute approximate surface area is 130 Å². The molecule has 0 saturated carbocycles. The van der Waals surface area contributed by atoms with Crippen LogP contribution in [-0.4, -0.2) is 54.6 Å². The number of hydrogen-bond donors (Lipinski definition) is 0. The molecular weight excluding hydrogens is 344 g/mol. The molecule has 0 aliphatic heterocycles. The number of rotatable bonds is 6. The third-order valence-electron chi connectivity index (χ3n) is 2.81. The Kier molecular flexibility index (Phi) is 6.41. The number of carbonyl (C=O) groups is 3. The summed E-state index contributed by atoms with van der Waals surface area (Å²) in [4.78, 5) is 36.4. The highest BCUT2D eigenvalue weighted by molar-refractivity contribution is 9.10. The zero-order valence-corrected chi connectivity index (χ0v) is 13.7. The molecule has 1 amide bonds. The number of amides is 1. The van der Waals surface area contributed by atoms with Gasteiger partial charge in [-0.2, -0.15) is 0 Å². The van der Waals surface area contributed by atoms with Gasteiger partial charge in [-0.05, 0) is 28.9 Å². The molecule has 0 N–H and O–H groups in total. The molecule has 0 aliphatic carbocycles. The van der Waals surface area contributed by atoms with Crippen molar-refractivity contribution in [1.82, 2.24) is 9.47 Å². The first-order chi connectivity index (χ1) is 9.92. The lowest BCUT2D eigenvalue weighted by atomic mass is 10.3. The van der Waals surface area contributed by atoms with E-state index in [0.717, 1.165) is 9.37 Å². The molecule has 0 saturated heterocycles. The van der Waals surface area contributed by atoms with Crippen LogP contribution < -0.4 is 0 Å². The maximum Gasteiger partial charge on any atom is 0.325 e. The second-order valence-corrected chi connectivity index (χ2v) is 5.06. The summed E-state index contributed by atoms with van der Waals surface area (Å²) < 4.78 is 11.5. The number of methoxy groups -OCH3 is 2. The summed E-state index contributed by atoms with van der Waals surface area (Å²) in [6.45, 7) is 1.82. The molecule has 0 fully saturated rings. The lowest BCUT2D eigenvalue weighted by Crippen LogP contribution is -2.41. The van der Waals surface area contributed by atoms with Gasteiger partial charge >= 0.3 is 11.9 Å². The standard InChI is InChI=1S/C13H17BrN2O5/c1-4-15-6-9(14)5-10(15)13(19)16(7-11(17)20-2)8-12(18)21-3/h5-6H,4,7-8H2,1-3H3. The Bertz CT molecular complexity index is 523. The third-order valence-corrected chi connectivity index (χ3v) is 3.24. The summed E-state index contributed by atoms with van der Waals surface area (Å²) >= 11 is 3.30. The average molecular weight is 361 g/mol. The van der Waals surface area contributed by atoms with Gasteiger partial charge in [-0.25, -0.2) is 0 Å². The molecule has 1 aromatic rings. The van der Waals surface area contributed by atoms with Crippen LogP contribution in [-0.2, 0) is 25.6 Å². The Morgan fingerprint density at radius 1 is 1.19 bits per heavy atom. The van der Waals surface area contributed by atoms with Crippen molar-refractivity contribution in [3.05, 3.63) is 22.4 Å². The van der Waals surface area contributed by atoms with Gasteiger partial charge in [0.1, 0.15) is 18.8 Å². The van der Waals surface area contributed by atoms with E-state index in [0.29, 0.717) is 12.2 Å². The SMILES string of the molecule is CCn1cc(Br)cc1C(=O)N(CC(=O)OC)CC(=O)OC. The number of aromatic nitrogens is 1. The third kappa shape index (κ3) is 4.59. The van der Waals surface area contributed by atoms with Crippen LogP contribution in [0.4, 0.5) is 0 Å². The van der Waals surface area contributed by atoms with E-state index in [-0.39, 0.29) is 13.1 Å². The minimum absolute atomic E-state index is 0.322. The molecule has 0 aliphatic rings. The van der Waals surface area contributed by atoms with Gasteiger partial charge in [0.15, 0.2) is 0 Å². The molecule has 8 heteroatoms. The van der Waals surface area contributed by atoms with Crippen LogP contribution in [0.1, 0.15) is 17.4 Å². The van der Waals surface area contributed by atoms with Crippen molar-refractivity contribution < 1.29 is 23.9 Å². The summed E-state index contributed by atoms with van der Waals surface area (Å²) in [5.41, 5.74) is 0.372. The van der Waals surface area contributed by atoms with Gasteiger partial charge in [0.2, 0.25) is 0 Å². The molecule has 116 valence electrons. The van der Waals surface area contributed by atoms with E-state index in [9.17, 15) is 14.4 Å². The van der Waals surface area contributed by atoms with Crippen molar-refractivity contribution in [1.29, 1.82) is 0 Å². The zero-order chi connectivity index (χ0) is 16.0. The van der Waals surface area contributed by atoms with Gasteiger partial charge in [-0.15, -0.1) is 0 Å². The number of ether oxygens (including phenoxy) is 2. The van der Waals surface area contributed by atoms with Crippen molar-refractivity contribution in [2.24, 2.45) is 0 Å². The van der Waals surface area contributed by atoms with E-state index >= 15 is 0 Å². The highest BCUT2D eigenvalue weighted by Crippen LogP contribution is 2.17. The highest BCUT2D eigenvalue weighted by Gasteiger charge is 2.24. The highest BCUT2D eigenvalue weighted by atomic mass is 79.9. The quantitative estimate of drug-likeness (QED) is 0.708. The monoisotopic (exact) mass is 360 g/mol. The number of esters is 2. The summed E-state index contributed by atoms with van der Waals surface area (Å²) in [7, 11) is 2.43. The van der Waals surface area contributed by atoms with Crippen LogP contribution in [0.15, 0.2) is 16.7 Å². The van der Waals surface area contributed by atoms with Gasteiger partial charge in [0.05, 0.1) is 14.2 Å². The first-order valence-corrected chi connectivity index (χ1v) is 7.00. The summed E-state index contributed by atoms with van der Waals surface area (Å²) in [5.74, 6) is -1.67. The van der Waals surface area contributed by atoms with Crippen LogP contribution >= 0.6 is 15.9 Å². The first-order valence-electron chi connectivity index (χ1n) is 6.21. The van der Waals surface area contributed by atoms with Crippen molar-refractivity contribution in [2.45, 2.75) is 13.5 Å². The van der Waals surface area contributed by atoms with Crippen LogP contribution in [0.2, 0.25) is 0 Å². The van der Waals surface area contributed by atoms with Gasteiger partial charge in [-0.3, -0.25) is 14.4 Å². The maximum atomic E-state index is 12.5. The van der Waals surface area contributed by atoms with E-state index in [1.165, 1.54) is 14.2 Å². The normalized spacial score (nSPS) is 10.1. The van der Waals surface area contributed by atoms with E-state index in [1.54, 1.807) is 16.8 Å². The Morgan fingerprint density at radius 2 is 1.71 bits per heavy atom. The number of nitrogens with zero attached hydrogens (tertiary/aromatic N) is 2. The lowest BCUT2D eigenvalue weighted by molar-refractivity contribution is -0.144. The Hall–Kier alpha value is -1.83. The number of carbonyl (C=O) groups excluding carboxylic acids is 3. The summed E-state index contributed by atoms with van der Waals surface area (Å²) in [5, 5.41) is 0. The Balaban J connectivity index is 3.02. The molecule has 1 rings (SSSR count). The van der Waals surface area contributed by atoms with Crippen LogP contribution in [0.25, 0.3) is 0 Å². The molecule has 1 heterocycles. The summed E-state index contributed by atoms with van der Waals surface area (Å²) in [6, 6.07) is 1.63. The van der Waals surface area contributed by atoms with E-state index in [1.807, 2.05) is 6.92 Å². The van der Waals surface area contributed by atoms with E-state index < -0.39 is 17.8 Å². The molecule has 0 spiro atoms. The van der Waals surface area contributed by atoms with Gasteiger partial charge in [0, 0.05) is 17.2 Å². The van der Waals surface area contributed by atoms with Crippen LogP contribution in [0.5, 0.6) is 0 Å². The van der Waals surface area contributed by atoms with Gasteiger partial charge in [-0.1, -0.05) is 0 Å². The molecule has 0 radical (unpaired) electrons. The predicted molar refractivity (Wildman–Crippen MR) is 77.7 cm³/mol. The minimum Gasteiger partial charge on any atom is -0.468 e. The van der Waals surface area contributed by atoms with Crippen molar-refractivity contribution >= 4 is 33.8 Å². The molecule has 0 atom stereocenters. The molecule has 1 aromatic heterocycles. The molecular formula is C13H17BrN2O5. The number of aryl methyl sites for hydroxylation is 1. The number of halogens is 1. The fourth-order valence-corrected chi connectivity index (χ4v) is 2.18. The Morgan fingerprint density at radius 3 is 2.14 bits per heavy atom. The number of hydrogen-bond acceptors (Lipinski definition) is 5. The van der Waals surface area contributed by atoms with Crippen molar-refractivity contribution in [2.75, 3.05) is 27.3 Å². The van der Waals surface area contributed by atoms with Crippen LogP contribution in [0, 0.1) is 0 Å². The fourth-order valence-electron chi connectivity index (χ4n) is 1.72. The van der Waals surface area contributed by atoms with E-state index in [4.69, 9.17) is 0 Å². The summed E-state index contributed by atoms with van der Waals surface area (Å²) in [6.07, 6.45) is 1.75. The molecule has 0 unspecified atom stereocenters. The second-order valence-electron chi connectivity index (χ2n) is 4.14. The molecule has 21 heavy (non-hydrogen) atoms. The van der Waals surface area contributed by atoms with Crippen molar-refractivity contribution in [3.8, 4) is 0 Å².